The Hall–Kier alpha value is -1.68. The molecule has 0 atom stereocenters. The van der Waals surface area contributed by atoms with E-state index < -0.39 is 0 Å². The third-order valence-corrected chi connectivity index (χ3v) is 4.79. The van der Waals surface area contributed by atoms with Gasteiger partial charge in [-0.15, -0.1) is 5.10 Å². The molecule has 1 aromatic carbocycles. The summed E-state index contributed by atoms with van der Waals surface area (Å²) in [6.07, 6.45) is 4.25. The van der Waals surface area contributed by atoms with E-state index in [0.29, 0.717) is 0 Å². The van der Waals surface area contributed by atoms with Crippen LogP contribution in [0, 0.1) is 12.8 Å². The summed E-state index contributed by atoms with van der Waals surface area (Å²) < 4.78 is 0. The standard InChI is InChI=1S/C17H23N3O/c1-12-7-9-17(11-21,10-8-12)18-16-15-6-4-3-5-14(15)13(2)19-20-16/h3-6,12,21H,7-11H2,1-2H3,(H,18,20). The number of benzene rings is 1. The lowest BCUT2D eigenvalue weighted by Crippen LogP contribution is -2.45. The Labute approximate surface area is 125 Å². The minimum Gasteiger partial charge on any atom is -0.394 e. The summed E-state index contributed by atoms with van der Waals surface area (Å²) >= 11 is 0. The van der Waals surface area contributed by atoms with Crippen LogP contribution in [-0.2, 0) is 0 Å². The molecule has 4 heteroatoms. The van der Waals surface area contributed by atoms with Crippen molar-refractivity contribution in [3.05, 3.63) is 30.0 Å². The van der Waals surface area contributed by atoms with E-state index in [1.165, 1.54) is 0 Å². The van der Waals surface area contributed by atoms with Gasteiger partial charge in [-0.25, -0.2) is 0 Å². The molecule has 0 aliphatic heterocycles. The fourth-order valence-electron chi connectivity index (χ4n) is 3.22. The number of nitrogens with zero attached hydrogens (tertiary/aromatic N) is 2. The van der Waals surface area contributed by atoms with Crippen LogP contribution < -0.4 is 5.32 Å². The summed E-state index contributed by atoms with van der Waals surface area (Å²) in [4.78, 5) is 0. The highest BCUT2D eigenvalue weighted by molar-refractivity contribution is 5.93. The van der Waals surface area contributed by atoms with Crippen molar-refractivity contribution in [2.45, 2.75) is 45.1 Å². The van der Waals surface area contributed by atoms with E-state index in [2.05, 4.69) is 34.6 Å². The normalized spacial score (nSPS) is 26.0. The Bertz CT molecular complexity index is 633. The topological polar surface area (TPSA) is 58.0 Å². The maximum atomic E-state index is 9.91. The molecule has 3 rings (SSSR count). The zero-order valence-electron chi connectivity index (χ0n) is 12.8. The number of hydrogen-bond acceptors (Lipinski definition) is 4. The number of hydrogen-bond donors (Lipinski definition) is 2. The number of aliphatic hydroxyl groups is 1. The number of fused-ring (bicyclic) bond motifs is 1. The van der Waals surface area contributed by atoms with Crippen LogP contribution in [-0.4, -0.2) is 27.4 Å². The Morgan fingerprint density at radius 1 is 1.19 bits per heavy atom. The van der Waals surface area contributed by atoms with Gasteiger partial charge in [-0.3, -0.25) is 0 Å². The average Bonchev–Trinajstić information content (AvgIpc) is 2.53. The van der Waals surface area contributed by atoms with Gasteiger partial charge < -0.3 is 10.4 Å². The molecule has 1 fully saturated rings. The zero-order valence-corrected chi connectivity index (χ0v) is 12.8. The number of aryl methyl sites for hydroxylation is 1. The Balaban J connectivity index is 1.96. The first kappa shape index (κ1) is 14.3. The van der Waals surface area contributed by atoms with E-state index in [9.17, 15) is 5.11 Å². The van der Waals surface area contributed by atoms with Crippen molar-refractivity contribution < 1.29 is 5.11 Å². The minimum absolute atomic E-state index is 0.142. The van der Waals surface area contributed by atoms with Gasteiger partial charge in [-0.1, -0.05) is 31.2 Å². The molecule has 0 bridgehead atoms. The third-order valence-electron chi connectivity index (χ3n) is 4.79. The van der Waals surface area contributed by atoms with Crippen molar-refractivity contribution >= 4 is 16.6 Å². The molecule has 0 spiro atoms. The second kappa shape index (κ2) is 5.60. The summed E-state index contributed by atoms with van der Waals surface area (Å²) in [5, 5.41) is 24.2. The first-order chi connectivity index (χ1) is 10.1. The smallest absolute Gasteiger partial charge is 0.157 e. The van der Waals surface area contributed by atoms with Crippen molar-refractivity contribution in [1.82, 2.24) is 10.2 Å². The molecule has 1 aliphatic carbocycles. The van der Waals surface area contributed by atoms with Crippen LogP contribution >= 0.6 is 0 Å². The van der Waals surface area contributed by atoms with Crippen molar-refractivity contribution in [2.24, 2.45) is 5.92 Å². The summed E-state index contributed by atoms with van der Waals surface area (Å²) in [5.41, 5.74) is 0.686. The van der Waals surface area contributed by atoms with E-state index in [0.717, 1.165) is 53.9 Å². The Kier molecular flexibility index (Phi) is 3.81. The van der Waals surface area contributed by atoms with Gasteiger partial charge in [-0.2, -0.15) is 5.10 Å². The fourth-order valence-corrected chi connectivity index (χ4v) is 3.22. The van der Waals surface area contributed by atoms with Crippen molar-refractivity contribution in [3.63, 3.8) is 0 Å². The lowest BCUT2D eigenvalue weighted by molar-refractivity contribution is 0.155. The van der Waals surface area contributed by atoms with Gasteiger partial charge in [0, 0.05) is 10.8 Å². The van der Waals surface area contributed by atoms with Gasteiger partial charge in [0.15, 0.2) is 5.82 Å². The first-order valence-corrected chi connectivity index (χ1v) is 7.75. The molecule has 0 unspecified atom stereocenters. The molecule has 2 N–H and O–H groups in total. The van der Waals surface area contributed by atoms with E-state index in [-0.39, 0.29) is 12.1 Å². The third kappa shape index (κ3) is 2.72. The molecule has 21 heavy (non-hydrogen) atoms. The summed E-state index contributed by atoms with van der Waals surface area (Å²) in [7, 11) is 0. The largest absolute Gasteiger partial charge is 0.394 e. The maximum absolute atomic E-state index is 9.91. The molecule has 2 aromatic rings. The van der Waals surface area contributed by atoms with Crippen molar-refractivity contribution in [3.8, 4) is 0 Å². The molecule has 1 heterocycles. The van der Waals surface area contributed by atoms with Gasteiger partial charge in [-0.05, 0) is 38.5 Å². The van der Waals surface area contributed by atoms with Crippen LogP contribution in [0.1, 0.15) is 38.3 Å². The molecule has 112 valence electrons. The summed E-state index contributed by atoms with van der Waals surface area (Å²) in [5.74, 6) is 1.53. The second-order valence-electron chi connectivity index (χ2n) is 6.43. The number of aromatic nitrogens is 2. The second-order valence-corrected chi connectivity index (χ2v) is 6.43. The molecule has 0 amide bonds. The maximum Gasteiger partial charge on any atom is 0.157 e. The Morgan fingerprint density at radius 2 is 1.86 bits per heavy atom. The summed E-state index contributed by atoms with van der Waals surface area (Å²) in [6.45, 7) is 4.40. The lowest BCUT2D eigenvalue weighted by atomic mass is 9.77. The van der Waals surface area contributed by atoms with Crippen LogP contribution in [0.25, 0.3) is 10.8 Å². The Morgan fingerprint density at radius 3 is 2.52 bits per heavy atom. The SMILES string of the molecule is Cc1nnc(NC2(CO)CCC(C)CC2)c2ccccc12. The molecule has 0 saturated heterocycles. The van der Waals surface area contributed by atoms with Crippen molar-refractivity contribution in [2.75, 3.05) is 11.9 Å². The van der Waals surface area contributed by atoms with Gasteiger partial charge >= 0.3 is 0 Å². The van der Waals surface area contributed by atoms with Crippen molar-refractivity contribution in [1.29, 1.82) is 0 Å². The highest BCUT2D eigenvalue weighted by Crippen LogP contribution is 2.35. The predicted molar refractivity (Wildman–Crippen MR) is 85.3 cm³/mol. The highest BCUT2D eigenvalue weighted by atomic mass is 16.3. The predicted octanol–water partition coefficient (Wildman–Crippen LogP) is 3.29. The zero-order chi connectivity index (χ0) is 14.9. The first-order valence-electron chi connectivity index (χ1n) is 7.75. The van der Waals surface area contributed by atoms with Gasteiger partial charge in [0.05, 0.1) is 17.8 Å². The highest BCUT2D eigenvalue weighted by Gasteiger charge is 2.34. The monoisotopic (exact) mass is 285 g/mol. The van der Waals surface area contributed by atoms with E-state index in [1.807, 2.05) is 19.1 Å². The van der Waals surface area contributed by atoms with Gasteiger partial charge in [0.2, 0.25) is 0 Å². The number of rotatable bonds is 3. The lowest BCUT2D eigenvalue weighted by Gasteiger charge is -2.39. The summed E-state index contributed by atoms with van der Waals surface area (Å²) in [6, 6.07) is 8.17. The molecule has 4 nitrogen and oxygen atoms in total. The number of aliphatic hydroxyl groups excluding tert-OH is 1. The molecule has 1 saturated carbocycles. The van der Waals surface area contributed by atoms with Crippen LogP contribution in [0.3, 0.4) is 0 Å². The molecule has 1 aromatic heterocycles. The van der Waals surface area contributed by atoms with E-state index in [4.69, 9.17) is 0 Å². The minimum atomic E-state index is -0.251. The van der Waals surface area contributed by atoms with E-state index in [1.54, 1.807) is 0 Å². The van der Waals surface area contributed by atoms with Gasteiger partial charge in [0.25, 0.3) is 0 Å². The van der Waals surface area contributed by atoms with Crippen LogP contribution in [0.4, 0.5) is 5.82 Å². The van der Waals surface area contributed by atoms with Crippen LogP contribution in [0.5, 0.6) is 0 Å². The number of anilines is 1. The fraction of sp³-hybridized carbons (Fsp3) is 0.529. The average molecular weight is 285 g/mol. The molecule has 0 radical (unpaired) electrons. The number of nitrogens with one attached hydrogen (secondary N) is 1. The van der Waals surface area contributed by atoms with E-state index >= 15 is 0 Å². The molecular weight excluding hydrogens is 262 g/mol. The molecule has 1 aliphatic rings. The van der Waals surface area contributed by atoms with Gasteiger partial charge in [0.1, 0.15) is 0 Å². The quantitative estimate of drug-likeness (QED) is 0.908. The molecular formula is C17H23N3O. The van der Waals surface area contributed by atoms with Crippen LogP contribution in [0.15, 0.2) is 24.3 Å². The van der Waals surface area contributed by atoms with Crippen LogP contribution in [0.2, 0.25) is 0 Å².